The van der Waals surface area contributed by atoms with Gasteiger partial charge in [-0.2, -0.15) is 0 Å². The molecule has 2 fully saturated rings. The van der Waals surface area contributed by atoms with Crippen molar-refractivity contribution in [2.24, 2.45) is 11.8 Å². The molecule has 280 valence electrons. The van der Waals surface area contributed by atoms with Gasteiger partial charge in [0.05, 0.1) is 6.42 Å². The number of amides is 2. The predicted octanol–water partition coefficient (Wildman–Crippen LogP) is 7.54. The summed E-state index contributed by atoms with van der Waals surface area (Å²) < 4.78 is 29.0. The number of benzene rings is 1. The number of halogens is 1. The first kappa shape index (κ1) is 39.8. The van der Waals surface area contributed by atoms with Crippen molar-refractivity contribution in [3.8, 4) is 16.9 Å². The van der Waals surface area contributed by atoms with E-state index in [-0.39, 0.29) is 43.2 Å². The molecule has 1 aromatic heterocycles. The van der Waals surface area contributed by atoms with Crippen LogP contribution in [0.4, 0.5) is 9.18 Å². The van der Waals surface area contributed by atoms with E-state index >= 15 is 0 Å². The molecule has 0 aliphatic carbocycles. The van der Waals surface area contributed by atoms with Crippen LogP contribution >= 0.6 is 0 Å². The first-order chi connectivity index (χ1) is 24.1. The zero-order chi connectivity index (χ0) is 37.2. The number of alkyl halides is 1. The number of carbonyl (C=O) groups excluding carboxylic acids is 4. The van der Waals surface area contributed by atoms with Crippen molar-refractivity contribution in [2.45, 2.75) is 110 Å². The Morgan fingerprint density at radius 2 is 1.55 bits per heavy atom. The zero-order valence-electron chi connectivity index (χ0n) is 31.3. The summed E-state index contributed by atoms with van der Waals surface area (Å²) in [6.07, 6.45) is 7.56. The highest BCUT2D eigenvalue weighted by atomic mass is 19.1. The highest BCUT2D eigenvalue weighted by Crippen LogP contribution is 2.32. The van der Waals surface area contributed by atoms with Crippen molar-refractivity contribution >= 4 is 23.8 Å². The number of ketones is 1. The van der Waals surface area contributed by atoms with E-state index in [9.17, 15) is 23.6 Å². The summed E-state index contributed by atoms with van der Waals surface area (Å²) in [6, 6.07) is 9.21. The molecule has 0 spiro atoms. The van der Waals surface area contributed by atoms with Gasteiger partial charge in [-0.15, -0.1) is 0 Å². The van der Waals surface area contributed by atoms with Gasteiger partial charge in [0.15, 0.2) is 0 Å². The Morgan fingerprint density at radius 3 is 2.20 bits per heavy atom. The molecule has 2 atom stereocenters. The van der Waals surface area contributed by atoms with Crippen molar-refractivity contribution in [3.63, 3.8) is 0 Å². The Balaban J connectivity index is 1.37. The van der Waals surface area contributed by atoms with Crippen LogP contribution < -0.4 is 4.74 Å². The van der Waals surface area contributed by atoms with Gasteiger partial charge in [-0.1, -0.05) is 12.1 Å². The third-order valence-corrected chi connectivity index (χ3v) is 9.31. The van der Waals surface area contributed by atoms with Crippen molar-refractivity contribution < 1.29 is 37.8 Å². The SMILES string of the molecule is CC(C)(C)OC(=O)C[C@H](CC(=O)[C@@H]1CCCN(C(=O)CCC2CCN(C(=O)OC(C)(C)C)CC2)C1)c1cncc(-c2ccc(OCCF)cc2)c1. The maximum absolute atomic E-state index is 13.9. The van der Waals surface area contributed by atoms with Gasteiger partial charge in [0.1, 0.15) is 36.0 Å². The molecule has 0 saturated carbocycles. The average Bonchev–Trinajstić information content (AvgIpc) is 3.08. The molecule has 2 aliphatic heterocycles. The topological polar surface area (TPSA) is 115 Å². The second kappa shape index (κ2) is 18.0. The van der Waals surface area contributed by atoms with E-state index in [1.54, 1.807) is 29.4 Å². The molecule has 0 radical (unpaired) electrons. The molecule has 0 bridgehead atoms. The van der Waals surface area contributed by atoms with Gasteiger partial charge >= 0.3 is 12.1 Å². The Morgan fingerprint density at radius 1 is 0.863 bits per heavy atom. The molecule has 11 heteroatoms. The van der Waals surface area contributed by atoms with E-state index in [4.69, 9.17) is 14.2 Å². The molecule has 0 unspecified atom stereocenters. The lowest BCUT2D eigenvalue weighted by atomic mass is 9.84. The van der Waals surface area contributed by atoms with E-state index in [1.807, 2.05) is 64.6 Å². The summed E-state index contributed by atoms with van der Waals surface area (Å²) in [7, 11) is 0. The molecule has 4 rings (SSSR count). The summed E-state index contributed by atoms with van der Waals surface area (Å²) in [4.78, 5) is 60.7. The minimum absolute atomic E-state index is 0.0121. The molecule has 10 nitrogen and oxygen atoms in total. The number of ether oxygens (including phenoxy) is 3. The Bertz CT molecular complexity index is 1480. The number of likely N-dealkylation sites (tertiary alicyclic amines) is 2. The lowest BCUT2D eigenvalue weighted by Gasteiger charge is -2.35. The monoisotopic (exact) mass is 709 g/mol. The fraction of sp³-hybridized carbons (Fsp3) is 0.625. The maximum Gasteiger partial charge on any atom is 0.410 e. The molecule has 0 N–H and O–H groups in total. The number of hydrogen-bond acceptors (Lipinski definition) is 8. The molecular formula is C40H56FN3O7. The van der Waals surface area contributed by atoms with Crippen molar-refractivity contribution in [1.29, 1.82) is 0 Å². The number of nitrogens with zero attached hydrogens (tertiary/aromatic N) is 3. The second-order valence-electron chi connectivity index (χ2n) is 15.9. The molecule has 3 heterocycles. The van der Waals surface area contributed by atoms with Gasteiger partial charge in [0, 0.05) is 68.8 Å². The van der Waals surface area contributed by atoms with Gasteiger partial charge in [0.25, 0.3) is 0 Å². The fourth-order valence-electron chi connectivity index (χ4n) is 6.72. The third kappa shape index (κ3) is 12.9. The second-order valence-corrected chi connectivity index (χ2v) is 15.9. The Hall–Kier alpha value is -4.02. The Labute approximate surface area is 302 Å². The average molecular weight is 710 g/mol. The van der Waals surface area contributed by atoms with Crippen LogP contribution in [0, 0.1) is 11.8 Å². The first-order valence-corrected chi connectivity index (χ1v) is 18.3. The summed E-state index contributed by atoms with van der Waals surface area (Å²) in [5, 5.41) is 0. The first-order valence-electron chi connectivity index (χ1n) is 18.3. The van der Waals surface area contributed by atoms with E-state index < -0.39 is 29.8 Å². The van der Waals surface area contributed by atoms with Crippen LogP contribution in [0.25, 0.3) is 11.1 Å². The maximum atomic E-state index is 13.9. The summed E-state index contributed by atoms with van der Waals surface area (Å²) in [5.41, 5.74) is 1.24. The highest BCUT2D eigenvalue weighted by Gasteiger charge is 2.33. The molecule has 2 aromatic rings. The summed E-state index contributed by atoms with van der Waals surface area (Å²) in [5.74, 6) is -0.147. The van der Waals surface area contributed by atoms with Gasteiger partial charge in [0.2, 0.25) is 5.91 Å². The number of rotatable bonds is 13. The predicted molar refractivity (Wildman–Crippen MR) is 193 cm³/mol. The molecule has 2 aliphatic rings. The van der Waals surface area contributed by atoms with E-state index in [2.05, 4.69) is 4.98 Å². The molecule has 2 amide bonds. The van der Waals surface area contributed by atoms with Crippen LogP contribution in [0.5, 0.6) is 5.75 Å². The largest absolute Gasteiger partial charge is 0.491 e. The highest BCUT2D eigenvalue weighted by molar-refractivity contribution is 5.84. The summed E-state index contributed by atoms with van der Waals surface area (Å²) in [6.45, 7) is 12.7. The van der Waals surface area contributed by atoms with Crippen LogP contribution in [0.1, 0.15) is 104 Å². The minimum Gasteiger partial charge on any atom is -0.491 e. The van der Waals surface area contributed by atoms with Crippen molar-refractivity contribution in [1.82, 2.24) is 14.8 Å². The van der Waals surface area contributed by atoms with E-state index in [1.165, 1.54) is 0 Å². The van der Waals surface area contributed by atoms with Crippen LogP contribution in [0.2, 0.25) is 0 Å². The molecular weight excluding hydrogens is 653 g/mol. The smallest absolute Gasteiger partial charge is 0.410 e. The third-order valence-electron chi connectivity index (χ3n) is 9.31. The van der Waals surface area contributed by atoms with E-state index in [0.717, 1.165) is 42.4 Å². The molecule has 51 heavy (non-hydrogen) atoms. The Kier molecular flexibility index (Phi) is 14.0. The molecule has 2 saturated heterocycles. The number of carbonyl (C=O) groups is 4. The number of piperidine rings is 2. The van der Waals surface area contributed by atoms with Gasteiger partial charge < -0.3 is 24.0 Å². The number of esters is 1. The standard InChI is InChI=1S/C40H56FN3O7/c1-39(2,3)50-37(47)24-31(33-22-32(25-42-26-33)29-10-12-34(13-11-29)49-21-17-41)23-35(45)30-8-7-18-44(27-30)36(46)14-9-28-15-19-43(20-16-28)38(48)51-40(4,5)6/h10-13,22,25-26,28,30-31H,7-9,14-21,23-24,27H2,1-6H3/t30-,31+/m1/s1. The van der Waals surface area contributed by atoms with Gasteiger partial charge in [-0.3, -0.25) is 19.4 Å². The number of pyridine rings is 1. The number of aromatic nitrogens is 1. The van der Waals surface area contributed by atoms with Gasteiger partial charge in [-0.05, 0) is 109 Å². The lowest BCUT2D eigenvalue weighted by molar-refractivity contribution is -0.155. The van der Waals surface area contributed by atoms with Crippen LogP contribution in [-0.2, 0) is 23.9 Å². The number of Topliss-reactive ketones (excluding diaryl/α,β-unsaturated/α-hetero) is 1. The quantitative estimate of drug-likeness (QED) is 0.196. The lowest BCUT2D eigenvalue weighted by Crippen LogP contribution is -2.43. The minimum atomic E-state index is -0.670. The normalized spacial score (nSPS) is 17.8. The fourth-order valence-corrected chi connectivity index (χ4v) is 6.72. The van der Waals surface area contributed by atoms with Crippen molar-refractivity contribution in [3.05, 3.63) is 48.3 Å². The van der Waals surface area contributed by atoms with Crippen LogP contribution in [0.3, 0.4) is 0 Å². The van der Waals surface area contributed by atoms with Crippen LogP contribution in [0.15, 0.2) is 42.7 Å². The molecule has 1 aromatic carbocycles. The van der Waals surface area contributed by atoms with Crippen LogP contribution in [-0.4, -0.2) is 89.2 Å². The number of hydrogen-bond donors (Lipinski definition) is 0. The van der Waals surface area contributed by atoms with Crippen molar-refractivity contribution in [2.75, 3.05) is 39.5 Å². The van der Waals surface area contributed by atoms with Gasteiger partial charge in [-0.25, -0.2) is 9.18 Å². The van der Waals surface area contributed by atoms with E-state index in [0.29, 0.717) is 50.7 Å². The summed E-state index contributed by atoms with van der Waals surface area (Å²) >= 11 is 0. The zero-order valence-corrected chi connectivity index (χ0v) is 31.3.